The maximum absolute atomic E-state index is 12.9. The Hall–Kier alpha value is -2.54. The Balaban J connectivity index is 2.48. The summed E-state index contributed by atoms with van der Waals surface area (Å²) in [5.41, 5.74) is 2.62. The highest BCUT2D eigenvalue weighted by Crippen LogP contribution is 2.27. The van der Waals surface area contributed by atoms with Gasteiger partial charge in [-0.1, -0.05) is 26.0 Å². The van der Waals surface area contributed by atoms with Gasteiger partial charge in [-0.3, -0.25) is 19.7 Å². The maximum Gasteiger partial charge on any atom is 0.263 e. The van der Waals surface area contributed by atoms with Gasteiger partial charge in [0.1, 0.15) is 4.90 Å². The summed E-state index contributed by atoms with van der Waals surface area (Å²) < 4.78 is 55.3. The van der Waals surface area contributed by atoms with E-state index in [1.807, 2.05) is 6.07 Å². The number of carbonyl (C=O) groups excluding carboxylic acids is 1. The van der Waals surface area contributed by atoms with E-state index in [4.69, 9.17) is 5.21 Å². The molecule has 0 aliphatic rings. The van der Waals surface area contributed by atoms with Gasteiger partial charge in [0.15, 0.2) is 5.25 Å². The number of hydrogen-bond acceptors (Lipinski definition) is 7. The van der Waals surface area contributed by atoms with Crippen molar-refractivity contribution in [3.05, 3.63) is 53.9 Å². The summed E-state index contributed by atoms with van der Waals surface area (Å²) in [6, 6.07) is 7.87. The van der Waals surface area contributed by atoms with Gasteiger partial charge in [-0.05, 0) is 55.1 Å². The van der Waals surface area contributed by atoms with Gasteiger partial charge in [-0.25, -0.2) is 27.0 Å². The maximum atomic E-state index is 12.9. The number of aromatic nitrogens is 1. The van der Waals surface area contributed by atoms with E-state index in [0.29, 0.717) is 12.0 Å². The van der Waals surface area contributed by atoms with E-state index < -0.39 is 31.2 Å². The van der Waals surface area contributed by atoms with Crippen molar-refractivity contribution < 1.29 is 26.8 Å². The second-order valence-electron chi connectivity index (χ2n) is 7.32. The number of hydroxylamine groups is 1. The van der Waals surface area contributed by atoms with Crippen molar-refractivity contribution in [2.75, 3.05) is 11.8 Å². The molecule has 1 amide bonds. The van der Waals surface area contributed by atoms with E-state index in [0.717, 1.165) is 5.56 Å². The second-order valence-corrected chi connectivity index (χ2v) is 11.0. The minimum Gasteiger partial charge on any atom is -0.289 e. The highest BCUT2D eigenvalue weighted by Gasteiger charge is 2.34. The molecule has 0 fully saturated rings. The summed E-state index contributed by atoms with van der Waals surface area (Å²) in [5.74, 6) is -1.28. The summed E-state index contributed by atoms with van der Waals surface area (Å²) in [7, 11) is -7.19. The molecule has 2 rings (SSSR count). The standard InChI is InChI=1S/C19H26N4O6S2/c1-13(2)9-18(19(24)22-25)31(28,29)23-16-7-6-14(10-15-5-4-8-21-12-15)11-17(16)30(26,27)20-3/h4-8,11-13,18,20,23,25H,9-10H2,1-3H3,(H,22,24). The third kappa shape index (κ3) is 6.47. The van der Waals surface area contributed by atoms with Crippen LogP contribution in [0.2, 0.25) is 0 Å². The molecule has 0 aliphatic heterocycles. The van der Waals surface area contributed by atoms with Gasteiger partial charge >= 0.3 is 0 Å². The largest absolute Gasteiger partial charge is 0.289 e. The van der Waals surface area contributed by atoms with E-state index in [-0.39, 0.29) is 22.9 Å². The molecule has 0 bridgehead atoms. The minimum absolute atomic E-state index is 0.0745. The number of nitrogens with one attached hydrogen (secondary N) is 3. The fraction of sp³-hybridized carbons (Fsp3) is 0.368. The quantitative estimate of drug-likeness (QED) is 0.301. The number of amides is 1. The third-order valence-corrected chi connectivity index (χ3v) is 7.56. The normalized spacial score (nSPS) is 13.1. The molecular weight excluding hydrogens is 444 g/mol. The van der Waals surface area contributed by atoms with Crippen molar-refractivity contribution in [2.45, 2.75) is 36.8 Å². The smallest absolute Gasteiger partial charge is 0.263 e. The van der Waals surface area contributed by atoms with Crippen LogP contribution in [0.15, 0.2) is 47.6 Å². The van der Waals surface area contributed by atoms with Gasteiger partial charge < -0.3 is 0 Å². The highest BCUT2D eigenvalue weighted by atomic mass is 32.2. The number of pyridine rings is 1. The first-order valence-corrected chi connectivity index (χ1v) is 12.4. The molecule has 1 unspecified atom stereocenters. The Kier molecular flexibility index (Phi) is 8.12. The van der Waals surface area contributed by atoms with Crippen molar-refractivity contribution in [2.24, 2.45) is 5.92 Å². The first-order valence-electron chi connectivity index (χ1n) is 9.41. The van der Waals surface area contributed by atoms with Crippen LogP contribution < -0.4 is 14.9 Å². The first kappa shape index (κ1) is 24.7. The average molecular weight is 471 g/mol. The molecule has 0 saturated heterocycles. The van der Waals surface area contributed by atoms with Crippen LogP contribution in [0, 0.1) is 5.92 Å². The highest BCUT2D eigenvalue weighted by molar-refractivity contribution is 7.94. The Bertz CT molecular complexity index is 1120. The Morgan fingerprint density at radius 1 is 1.13 bits per heavy atom. The van der Waals surface area contributed by atoms with Crippen molar-refractivity contribution in [3.8, 4) is 0 Å². The second kappa shape index (κ2) is 10.2. The van der Waals surface area contributed by atoms with Gasteiger partial charge in [0.05, 0.1) is 5.69 Å². The molecule has 1 atom stereocenters. The molecule has 1 aromatic carbocycles. The van der Waals surface area contributed by atoms with Crippen molar-refractivity contribution in [3.63, 3.8) is 0 Å². The number of anilines is 1. The monoisotopic (exact) mass is 470 g/mol. The fourth-order valence-corrected chi connectivity index (χ4v) is 5.53. The van der Waals surface area contributed by atoms with Gasteiger partial charge in [0, 0.05) is 12.4 Å². The molecule has 2 aromatic rings. The molecule has 4 N–H and O–H groups in total. The molecule has 1 heterocycles. The molecule has 31 heavy (non-hydrogen) atoms. The van der Waals surface area contributed by atoms with Crippen molar-refractivity contribution in [1.29, 1.82) is 0 Å². The van der Waals surface area contributed by atoms with Crippen molar-refractivity contribution >= 4 is 31.6 Å². The lowest BCUT2D eigenvalue weighted by molar-refractivity contribution is -0.129. The van der Waals surface area contributed by atoms with Crippen molar-refractivity contribution in [1.82, 2.24) is 15.2 Å². The zero-order valence-corrected chi connectivity index (χ0v) is 19.0. The molecule has 170 valence electrons. The number of benzene rings is 1. The number of rotatable bonds is 10. The molecule has 12 heteroatoms. The van der Waals surface area contributed by atoms with Crippen LogP contribution in [0.25, 0.3) is 0 Å². The van der Waals surface area contributed by atoms with Gasteiger partial charge in [0.2, 0.25) is 20.0 Å². The van der Waals surface area contributed by atoms with Crippen LogP contribution in [-0.2, 0) is 31.3 Å². The number of sulfonamides is 2. The van der Waals surface area contributed by atoms with Crippen LogP contribution in [0.4, 0.5) is 5.69 Å². The predicted molar refractivity (Wildman–Crippen MR) is 115 cm³/mol. The lowest BCUT2D eigenvalue weighted by Gasteiger charge is -2.20. The Labute approximate surface area is 182 Å². The summed E-state index contributed by atoms with van der Waals surface area (Å²) in [4.78, 5) is 15.7. The summed E-state index contributed by atoms with van der Waals surface area (Å²) >= 11 is 0. The topological polar surface area (TPSA) is 155 Å². The number of nitrogens with zero attached hydrogens (tertiary/aromatic N) is 1. The summed E-state index contributed by atoms with van der Waals surface area (Å²) in [6.45, 7) is 3.44. The van der Waals surface area contributed by atoms with E-state index in [1.54, 1.807) is 38.4 Å². The van der Waals surface area contributed by atoms with Crippen LogP contribution in [-0.4, -0.2) is 45.2 Å². The third-order valence-electron chi connectivity index (χ3n) is 4.45. The molecule has 10 nitrogen and oxygen atoms in total. The first-order chi connectivity index (χ1) is 14.5. The Morgan fingerprint density at radius 3 is 2.39 bits per heavy atom. The number of carbonyl (C=O) groups is 1. The van der Waals surface area contributed by atoms with E-state index in [2.05, 4.69) is 14.4 Å². The predicted octanol–water partition coefficient (Wildman–Crippen LogP) is 1.24. The van der Waals surface area contributed by atoms with E-state index in [9.17, 15) is 21.6 Å². The zero-order valence-electron chi connectivity index (χ0n) is 17.4. The van der Waals surface area contributed by atoms with E-state index in [1.165, 1.54) is 24.7 Å². The lowest BCUT2D eigenvalue weighted by Crippen LogP contribution is -2.42. The summed E-state index contributed by atoms with van der Waals surface area (Å²) in [6.07, 6.45) is 3.58. The summed E-state index contributed by atoms with van der Waals surface area (Å²) in [5, 5.41) is 7.33. The Morgan fingerprint density at radius 2 is 1.84 bits per heavy atom. The van der Waals surface area contributed by atoms with Crippen LogP contribution in [0.3, 0.4) is 0 Å². The molecule has 1 aromatic heterocycles. The van der Waals surface area contributed by atoms with Crippen LogP contribution >= 0.6 is 0 Å². The van der Waals surface area contributed by atoms with Crippen LogP contribution in [0.5, 0.6) is 0 Å². The van der Waals surface area contributed by atoms with Gasteiger partial charge in [-0.15, -0.1) is 0 Å². The molecular formula is C19H26N4O6S2. The minimum atomic E-state index is -4.37. The number of hydrogen-bond donors (Lipinski definition) is 4. The molecule has 0 spiro atoms. The molecule has 0 saturated carbocycles. The average Bonchev–Trinajstić information content (AvgIpc) is 2.72. The SMILES string of the molecule is CNS(=O)(=O)c1cc(Cc2cccnc2)ccc1NS(=O)(=O)C(CC(C)C)C(=O)NO. The molecule has 0 radical (unpaired) electrons. The molecule has 0 aliphatic carbocycles. The van der Waals surface area contributed by atoms with Crippen LogP contribution in [0.1, 0.15) is 31.4 Å². The zero-order chi connectivity index (χ0) is 23.2. The van der Waals surface area contributed by atoms with Gasteiger partial charge in [-0.2, -0.15) is 0 Å². The fourth-order valence-electron chi connectivity index (χ4n) is 2.93. The van der Waals surface area contributed by atoms with E-state index >= 15 is 0 Å². The van der Waals surface area contributed by atoms with Gasteiger partial charge in [0.25, 0.3) is 5.91 Å². The lowest BCUT2D eigenvalue weighted by atomic mass is 10.1.